The first kappa shape index (κ1) is 14.3. The standard InChI is InChI=1S/C13H22N2O4/c1-19-5-4-14-7-10(16)15-12-9-3-2-8(6-9)11(12)13(17)18/h8-9,11-12,14H,2-7H2,1H3,(H,15,16)(H,17,18). The summed E-state index contributed by atoms with van der Waals surface area (Å²) in [5, 5.41) is 15.1. The van der Waals surface area contributed by atoms with Crippen LogP contribution in [0.1, 0.15) is 19.3 Å². The maximum absolute atomic E-state index is 11.8. The average molecular weight is 270 g/mol. The number of carbonyl (C=O) groups excluding carboxylic acids is 1. The third-order valence-corrected chi connectivity index (χ3v) is 4.30. The molecule has 2 rings (SSSR count). The second-order valence-electron chi connectivity index (χ2n) is 5.46. The van der Waals surface area contributed by atoms with Crippen LogP contribution < -0.4 is 10.6 Å². The van der Waals surface area contributed by atoms with E-state index in [0.29, 0.717) is 19.1 Å². The molecule has 108 valence electrons. The van der Waals surface area contributed by atoms with Gasteiger partial charge in [0, 0.05) is 19.7 Å². The zero-order chi connectivity index (χ0) is 13.8. The Morgan fingerprint density at radius 1 is 1.32 bits per heavy atom. The van der Waals surface area contributed by atoms with Gasteiger partial charge in [0.25, 0.3) is 0 Å². The molecule has 6 nitrogen and oxygen atoms in total. The van der Waals surface area contributed by atoms with Crippen molar-refractivity contribution in [1.82, 2.24) is 10.6 Å². The number of hydrogen-bond acceptors (Lipinski definition) is 4. The molecule has 0 radical (unpaired) electrons. The predicted molar refractivity (Wildman–Crippen MR) is 68.6 cm³/mol. The van der Waals surface area contributed by atoms with E-state index in [1.165, 1.54) is 0 Å². The lowest BCUT2D eigenvalue weighted by Crippen LogP contribution is -2.49. The van der Waals surface area contributed by atoms with E-state index in [-0.39, 0.29) is 24.4 Å². The fraction of sp³-hybridized carbons (Fsp3) is 0.846. The minimum absolute atomic E-state index is 0.125. The smallest absolute Gasteiger partial charge is 0.308 e. The SMILES string of the molecule is COCCNCC(=O)NC1C2CCC(C2)C1C(=O)O. The van der Waals surface area contributed by atoms with Gasteiger partial charge in [-0.15, -0.1) is 0 Å². The van der Waals surface area contributed by atoms with Crippen LogP contribution in [0.5, 0.6) is 0 Å². The number of rotatable bonds is 7. The molecule has 0 heterocycles. The van der Waals surface area contributed by atoms with E-state index in [4.69, 9.17) is 4.74 Å². The van der Waals surface area contributed by atoms with Crippen LogP contribution in [-0.2, 0) is 14.3 Å². The highest BCUT2D eigenvalue weighted by Crippen LogP contribution is 2.48. The summed E-state index contributed by atoms with van der Waals surface area (Å²) in [4.78, 5) is 23.1. The van der Waals surface area contributed by atoms with Crippen molar-refractivity contribution in [2.24, 2.45) is 17.8 Å². The van der Waals surface area contributed by atoms with Crippen LogP contribution in [0.2, 0.25) is 0 Å². The summed E-state index contributed by atoms with van der Waals surface area (Å²) in [6, 6.07) is -0.187. The minimum atomic E-state index is -0.773. The first-order valence-electron chi connectivity index (χ1n) is 6.85. The van der Waals surface area contributed by atoms with Crippen LogP contribution in [0.4, 0.5) is 0 Å². The van der Waals surface area contributed by atoms with Gasteiger partial charge in [0.2, 0.25) is 5.91 Å². The molecule has 6 heteroatoms. The Bertz CT molecular complexity index is 348. The summed E-state index contributed by atoms with van der Waals surface area (Å²) >= 11 is 0. The van der Waals surface area contributed by atoms with Gasteiger partial charge in [-0.2, -0.15) is 0 Å². The normalized spacial score (nSPS) is 32.5. The molecule has 2 bridgehead atoms. The van der Waals surface area contributed by atoms with Crippen LogP contribution >= 0.6 is 0 Å². The molecule has 3 N–H and O–H groups in total. The van der Waals surface area contributed by atoms with E-state index in [9.17, 15) is 14.7 Å². The minimum Gasteiger partial charge on any atom is -0.481 e. The van der Waals surface area contributed by atoms with Crippen molar-refractivity contribution in [2.75, 3.05) is 26.8 Å². The van der Waals surface area contributed by atoms with Gasteiger partial charge in [-0.1, -0.05) is 0 Å². The van der Waals surface area contributed by atoms with Gasteiger partial charge < -0.3 is 20.5 Å². The van der Waals surface area contributed by atoms with Crippen LogP contribution in [0.3, 0.4) is 0 Å². The van der Waals surface area contributed by atoms with Crippen molar-refractivity contribution in [3.05, 3.63) is 0 Å². The summed E-state index contributed by atoms with van der Waals surface area (Å²) in [6.07, 6.45) is 2.97. The topological polar surface area (TPSA) is 87.7 Å². The van der Waals surface area contributed by atoms with Gasteiger partial charge in [-0.3, -0.25) is 9.59 Å². The monoisotopic (exact) mass is 270 g/mol. The molecule has 19 heavy (non-hydrogen) atoms. The Hall–Kier alpha value is -1.14. The zero-order valence-corrected chi connectivity index (χ0v) is 11.2. The van der Waals surface area contributed by atoms with Gasteiger partial charge in [0.1, 0.15) is 0 Å². The Balaban J connectivity index is 1.80. The van der Waals surface area contributed by atoms with Gasteiger partial charge in [0.05, 0.1) is 19.1 Å². The molecule has 0 spiro atoms. The Labute approximate surface area is 112 Å². The molecule has 4 atom stereocenters. The number of carbonyl (C=O) groups is 2. The molecule has 0 saturated heterocycles. The summed E-state index contributed by atoms with van der Waals surface area (Å²) in [5.41, 5.74) is 0. The maximum atomic E-state index is 11.8. The Kier molecular flexibility index (Phi) is 4.76. The van der Waals surface area contributed by atoms with Crippen LogP contribution in [0.15, 0.2) is 0 Å². The first-order valence-corrected chi connectivity index (χ1v) is 6.85. The molecule has 2 aliphatic rings. The molecule has 0 aromatic heterocycles. The summed E-state index contributed by atoms with van der Waals surface area (Å²) in [5.74, 6) is -0.713. The summed E-state index contributed by atoms with van der Waals surface area (Å²) in [6.45, 7) is 1.38. The van der Waals surface area contributed by atoms with Crippen molar-refractivity contribution < 1.29 is 19.4 Å². The van der Waals surface area contributed by atoms with Crippen molar-refractivity contribution >= 4 is 11.9 Å². The van der Waals surface area contributed by atoms with Gasteiger partial charge in [-0.25, -0.2) is 0 Å². The van der Waals surface area contributed by atoms with Gasteiger partial charge >= 0.3 is 5.97 Å². The molecule has 0 aromatic rings. The van der Waals surface area contributed by atoms with E-state index in [1.54, 1.807) is 7.11 Å². The number of hydrogen-bond donors (Lipinski definition) is 3. The van der Waals surface area contributed by atoms with Gasteiger partial charge in [-0.05, 0) is 31.1 Å². The second kappa shape index (κ2) is 6.34. The largest absolute Gasteiger partial charge is 0.481 e. The summed E-state index contributed by atoms with van der Waals surface area (Å²) in [7, 11) is 1.61. The third kappa shape index (κ3) is 3.25. The quantitative estimate of drug-likeness (QED) is 0.559. The molecule has 0 aliphatic heterocycles. The van der Waals surface area contributed by atoms with E-state index < -0.39 is 11.9 Å². The van der Waals surface area contributed by atoms with Crippen molar-refractivity contribution in [1.29, 1.82) is 0 Å². The lowest BCUT2D eigenvalue weighted by atomic mass is 9.84. The third-order valence-electron chi connectivity index (χ3n) is 4.30. The molecule has 2 aliphatic carbocycles. The number of ether oxygens (including phenoxy) is 1. The molecule has 2 fully saturated rings. The van der Waals surface area contributed by atoms with Crippen molar-refractivity contribution in [3.8, 4) is 0 Å². The lowest BCUT2D eigenvalue weighted by molar-refractivity contribution is -0.144. The number of carboxylic acid groups (broad SMARTS) is 1. The molecular weight excluding hydrogens is 248 g/mol. The Morgan fingerprint density at radius 3 is 2.74 bits per heavy atom. The molecular formula is C13H22N2O4. The molecule has 4 unspecified atom stereocenters. The number of nitrogens with one attached hydrogen (secondary N) is 2. The fourth-order valence-corrected chi connectivity index (χ4v) is 3.47. The first-order chi connectivity index (χ1) is 9.13. The van der Waals surface area contributed by atoms with E-state index >= 15 is 0 Å². The summed E-state index contributed by atoms with van der Waals surface area (Å²) < 4.78 is 4.87. The van der Waals surface area contributed by atoms with Crippen LogP contribution in [0, 0.1) is 17.8 Å². The van der Waals surface area contributed by atoms with E-state index in [2.05, 4.69) is 10.6 Å². The number of fused-ring (bicyclic) bond motifs is 2. The molecule has 2 saturated carbocycles. The van der Waals surface area contributed by atoms with Gasteiger partial charge in [0.15, 0.2) is 0 Å². The second-order valence-corrected chi connectivity index (χ2v) is 5.46. The lowest BCUT2D eigenvalue weighted by Gasteiger charge is -2.28. The molecule has 1 amide bonds. The van der Waals surface area contributed by atoms with E-state index in [1.807, 2.05) is 0 Å². The fourth-order valence-electron chi connectivity index (χ4n) is 3.47. The zero-order valence-electron chi connectivity index (χ0n) is 11.2. The Morgan fingerprint density at radius 2 is 2.05 bits per heavy atom. The number of methoxy groups -OCH3 is 1. The maximum Gasteiger partial charge on any atom is 0.308 e. The van der Waals surface area contributed by atoms with E-state index in [0.717, 1.165) is 19.3 Å². The highest BCUT2D eigenvalue weighted by atomic mass is 16.5. The number of aliphatic carboxylic acids is 1. The predicted octanol–water partition coefficient (Wildman–Crippen LogP) is -0.162. The molecule has 0 aromatic carbocycles. The number of amides is 1. The average Bonchev–Trinajstić information content (AvgIpc) is 2.95. The van der Waals surface area contributed by atoms with Crippen LogP contribution in [-0.4, -0.2) is 49.8 Å². The van der Waals surface area contributed by atoms with Crippen LogP contribution in [0.25, 0.3) is 0 Å². The van der Waals surface area contributed by atoms with Crippen molar-refractivity contribution in [2.45, 2.75) is 25.3 Å². The highest BCUT2D eigenvalue weighted by Gasteiger charge is 2.51. The van der Waals surface area contributed by atoms with Crippen molar-refractivity contribution in [3.63, 3.8) is 0 Å². The number of carboxylic acids is 1. The highest BCUT2D eigenvalue weighted by molar-refractivity contribution is 5.80.